The number of benzene rings is 1. The van der Waals surface area contributed by atoms with Crippen molar-refractivity contribution in [2.75, 3.05) is 33.4 Å². The Morgan fingerprint density at radius 3 is 2.61 bits per heavy atom. The number of methoxy groups -OCH3 is 1. The third-order valence-corrected chi connectivity index (χ3v) is 3.97. The van der Waals surface area contributed by atoms with Gasteiger partial charge in [-0.3, -0.25) is 14.4 Å². The predicted octanol–water partition coefficient (Wildman–Crippen LogP) is 0.864. The van der Waals surface area contributed by atoms with Crippen molar-refractivity contribution in [2.45, 2.75) is 32.7 Å². The van der Waals surface area contributed by atoms with Gasteiger partial charge < -0.3 is 30.5 Å². The first-order valence-electron chi connectivity index (χ1n) is 9.12. The second kappa shape index (κ2) is 11.8. The molecule has 0 spiro atoms. The molecule has 1 unspecified atom stereocenters. The Bertz CT molecular complexity index is 676. The molecule has 0 radical (unpaired) electrons. The molecule has 2 rings (SSSR count). The van der Waals surface area contributed by atoms with E-state index in [1.807, 2.05) is 6.92 Å². The number of carboxylic acids is 1. The highest BCUT2D eigenvalue weighted by Gasteiger charge is 2.30. The number of hydrogen-bond acceptors (Lipinski definition) is 6. The molecule has 156 valence electrons. The third kappa shape index (κ3) is 7.07. The maximum atomic E-state index is 12.6. The fourth-order valence-electron chi connectivity index (χ4n) is 2.70. The van der Waals surface area contributed by atoms with Crippen LogP contribution in [0.25, 0.3) is 0 Å². The zero-order valence-electron chi connectivity index (χ0n) is 16.6. The number of carbonyl (C=O) groups is 3. The van der Waals surface area contributed by atoms with Crippen LogP contribution in [0.3, 0.4) is 0 Å². The Hall–Kier alpha value is -2.81. The van der Waals surface area contributed by atoms with Gasteiger partial charge in [-0.05, 0) is 32.0 Å². The Balaban J connectivity index is 0.000000892. The number of rotatable bonds is 8. The highest BCUT2D eigenvalue weighted by Crippen LogP contribution is 2.31. The minimum absolute atomic E-state index is 0.0628. The summed E-state index contributed by atoms with van der Waals surface area (Å²) in [6.45, 7) is 5.11. The molecule has 1 fully saturated rings. The average molecular weight is 395 g/mol. The Morgan fingerprint density at radius 2 is 2.07 bits per heavy atom. The molecule has 0 saturated carbocycles. The zero-order chi connectivity index (χ0) is 21.1. The Labute approximate surface area is 164 Å². The van der Waals surface area contributed by atoms with Crippen LogP contribution in [0.5, 0.6) is 11.5 Å². The molecule has 0 aliphatic carbocycles. The summed E-state index contributed by atoms with van der Waals surface area (Å²) in [7, 11) is 1.53. The van der Waals surface area contributed by atoms with Crippen molar-refractivity contribution >= 4 is 17.8 Å². The van der Waals surface area contributed by atoms with Gasteiger partial charge in [-0.1, -0.05) is 6.07 Å². The van der Waals surface area contributed by atoms with Crippen molar-refractivity contribution in [3.63, 3.8) is 0 Å². The summed E-state index contributed by atoms with van der Waals surface area (Å²) in [4.78, 5) is 35.1. The first kappa shape index (κ1) is 23.2. The van der Waals surface area contributed by atoms with E-state index in [-0.39, 0.29) is 17.9 Å². The van der Waals surface area contributed by atoms with Crippen LogP contribution in [-0.4, -0.2) is 67.2 Å². The lowest BCUT2D eigenvalue weighted by molar-refractivity contribution is -0.134. The molecule has 1 heterocycles. The summed E-state index contributed by atoms with van der Waals surface area (Å²) in [6, 6.07) is 4.98. The number of nitrogens with one attached hydrogen (secondary N) is 1. The summed E-state index contributed by atoms with van der Waals surface area (Å²) in [6.07, 6.45) is 1.01. The van der Waals surface area contributed by atoms with Crippen LogP contribution < -0.4 is 20.5 Å². The van der Waals surface area contributed by atoms with Crippen molar-refractivity contribution in [3.8, 4) is 11.5 Å². The SMILES string of the molecule is CC(=O)O.CCN1CC(NC(=O)c2cccc(OC)c2OCCCN)CC1=O. The summed E-state index contributed by atoms with van der Waals surface area (Å²) >= 11 is 0. The van der Waals surface area contributed by atoms with Crippen LogP contribution in [0.4, 0.5) is 0 Å². The number of aliphatic carboxylic acids is 1. The molecule has 2 amide bonds. The number of carboxylic acid groups (broad SMARTS) is 1. The van der Waals surface area contributed by atoms with Gasteiger partial charge >= 0.3 is 0 Å². The van der Waals surface area contributed by atoms with Gasteiger partial charge in [-0.25, -0.2) is 0 Å². The number of likely N-dealkylation sites (N-methyl/N-ethyl adjacent to an activating group) is 1. The van der Waals surface area contributed by atoms with Crippen LogP contribution in [-0.2, 0) is 9.59 Å². The van der Waals surface area contributed by atoms with Gasteiger partial charge in [0.25, 0.3) is 11.9 Å². The fraction of sp³-hybridized carbons (Fsp3) is 0.526. The lowest BCUT2D eigenvalue weighted by Crippen LogP contribution is -2.37. The molecule has 1 saturated heterocycles. The largest absolute Gasteiger partial charge is 0.493 e. The first-order valence-corrected chi connectivity index (χ1v) is 9.12. The Kier molecular flexibility index (Phi) is 9.80. The second-order valence-electron chi connectivity index (χ2n) is 6.15. The number of nitrogens with two attached hydrogens (primary N) is 1. The monoisotopic (exact) mass is 395 g/mol. The van der Waals surface area contributed by atoms with Crippen molar-refractivity contribution in [1.82, 2.24) is 10.2 Å². The van der Waals surface area contributed by atoms with Gasteiger partial charge in [0.1, 0.15) is 0 Å². The summed E-state index contributed by atoms with van der Waals surface area (Å²) in [5, 5.41) is 10.3. The quantitative estimate of drug-likeness (QED) is 0.556. The highest BCUT2D eigenvalue weighted by molar-refractivity contribution is 5.98. The summed E-state index contributed by atoms with van der Waals surface area (Å²) < 4.78 is 11.0. The molecule has 0 bridgehead atoms. The molecule has 1 atom stereocenters. The molecule has 4 N–H and O–H groups in total. The molecular formula is C19H29N3O6. The van der Waals surface area contributed by atoms with Crippen LogP contribution in [0, 0.1) is 0 Å². The van der Waals surface area contributed by atoms with Crippen molar-refractivity contribution < 1.29 is 29.0 Å². The predicted molar refractivity (Wildman–Crippen MR) is 104 cm³/mol. The number of hydrogen-bond donors (Lipinski definition) is 3. The molecule has 1 aliphatic rings. The van der Waals surface area contributed by atoms with E-state index in [0.717, 1.165) is 6.92 Å². The molecule has 1 aromatic rings. The first-order chi connectivity index (χ1) is 13.3. The van der Waals surface area contributed by atoms with E-state index >= 15 is 0 Å². The number of ether oxygens (including phenoxy) is 2. The molecule has 9 heteroatoms. The lowest BCUT2D eigenvalue weighted by Gasteiger charge is -2.17. The van der Waals surface area contributed by atoms with Crippen molar-refractivity contribution in [3.05, 3.63) is 23.8 Å². The zero-order valence-corrected chi connectivity index (χ0v) is 16.6. The normalized spacial score (nSPS) is 15.5. The van der Waals surface area contributed by atoms with Gasteiger partial charge in [-0.15, -0.1) is 0 Å². The van der Waals surface area contributed by atoms with E-state index in [1.54, 1.807) is 23.1 Å². The van der Waals surface area contributed by atoms with E-state index < -0.39 is 5.97 Å². The lowest BCUT2D eigenvalue weighted by atomic mass is 10.1. The van der Waals surface area contributed by atoms with Crippen LogP contribution >= 0.6 is 0 Å². The maximum absolute atomic E-state index is 12.6. The standard InChI is InChI=1S/C17H25N3O4.C2H4O2/c1-3-20-11-12(10-15(20)21)19-17(22)13-6-4-7-14(23-2)16(13)24-9-5-8-18;1-2(3)4/h4,6-7,12H,3,5,8-11,18H2,1-2H3,(H,19,22);1H3,(H,3,4). The molecule has 1 aromatic carbocycles. The molecule has 0 aromatic heterocycles. The number of carbonyl (C=O) groups excluding carboxylic acids is 2. The molecule has 1 aliphatic heterocycles. The number of para-hydroxylation sites is 1. The summed E-state index contributed by atoms with van der Waals surface area (Å²) in [5.41, 5.74) is 5.88. The van der Waals surface area contributed by atoms with Gasteiger partial charge in [0.15, 0.2) is 11.5 Å². The number of likely N-dealkylation sites (tertiary alicyclic amines) is 1. The van der Waals surface area contributed by atoms with E-state index in [2.05, 4.69) is 5.32 Å². The smallest absolute Gasteiger partial charge is 0.300 e. The van der Waals surface area contributed by atoms with E-state index in [0.29, 0.717) is 56.1 Å². The Morgan fingerprint density at radius 1 is 1.39 bits per heavy atom. The van der Waals surface area contributed by atoms with E-state index in [4.69, 9.17) is 25.1 Å². The maximum Gasteiger partial charge on any atom is 0.300 e. The number of nitrogens with zero attached hydrogens (tertiary/aromatic N) is 1. The van der Waals surface area contributed by atoms with E-state index in [1.165, 1.54) is 7.11 Å². The van der Waals surface area contributed by atoms with Crippen molar-refractivity contribution in [1.29, 1.82) is 0 Å². The van der Waals surface area contributed by atoms with Crippen LogP contribution in [0.2, 0.25) is 0 Å². The van der Waals surface area contributed by atoms with Crippen molar-refractivity contribution in [2.24, 2.45) is 5.73 Å². The van der Waals surface area contributed by atoms with Gasteiger partial charge in [0.05, 0.1) is 25.3 Å². The number of amides is 2. The van der Waals surface area contributed by atoms with Crippen LogP contribution in [0.15, 0.2) is 18.2 Å². The van der Waals surface area contributed by atoms with Gasteiger partial charge in [-0.2, -0.15) is 0 Å². The average Bonchev–Trinajstić information content (AvgIpc) is 3.00. The fourth-order valence-corrected chi connectivity index (χ4v) is 2.70. The minimum atomic E-state index is -0.833. The topological polar surface area (TPSA) is 131 Å². The minimum Gasteiger partial charge on any atom is -0.493 e. The molecule has 9 nitrogen and oxygen atoms in total. The second-order valence-corrected chi connectivity index (χ2v) is 6.15. The summed E-state index contributed by atoms with van der Waals surface area (Å²) in [5.74, 6) is -0.139. The van der Waals surface area contributed by atoms with Gasteiger partial charge in [0.2, 0.25) is 5.91 Å². The van der Waals surface area contributed by atoms with E-state index in [9.17, 15) is 9.59 Å². The van der Waals surface area contributed by atoms with Gasteiger partial charge in [0, 0.05) is 26.4 Å². The third-order valence-electron chi connectivity index (χ3n) is 3.97. The molecule has 28 heavy (non-hydrogen) atoms. The molecular weight excluding hydrogens is 366 g/mol. The highest BCUT2D eigenvalue weighted by atomic mass is 16.5. The van der Waals surface area contributed by atoms with Crippen LogP contribution in [0.1, 0.15) is 37.0 Å².